The third-order valence-electron chi connectivity index (χ3n) is 4.60. The Kier molecular flexibility index (Phi) is 8.49. The largest absolute Gasteiger partial charge is 0.505 e. The molecule has 2 nitrogen and oxygen atoms in total. The minimum atomic E-state index is -1.20. The van der Waals surface area contributed by atoms with Crippen LogP contribution in [-0.2, 0) is 11.2 Å². The average molecular weight is 368 g/mol. The van der Waals surface area contributed by atoms with Gasteiger partial charge in [-0.15, -0.1) is 0 Å². The smallest absolute Gasteiger partial charge is 0.200 e. The second-order valence-corrected chi connectivity index (χ2v) is 6.69. The predicted octanol–water partition coefficient (Wildman–Crippen LogP) is 6.23. The van der Waals surface area contributed by atoms with Crippen LogP contribution in [0.5, 0.6) is 5.75 Å². The summed E-state index contributed by atoms with van der Waals surface area (Å²) in [5.41, 5.74) is 0.909. The molecule has 26 heavy (non-hydrogen) atoms. The normalized spacial score (nSPS) is 14.0. The Bertz CT molecular complexity index is 680. The van der Waals surface area contributed by atoms with Gasteiger partial charge in [0.25, 0.3) is 0 Å². The maximum atomic E-state index is 13.7. The Morgan fingerprint density at radius 1 is 1.15 bits per heavy atom. The summed E-state index contributed by atoms with van der Waals surface area (Å²) in [6, 6.07) is 2.57. The van der Waals surface area contributed by atoms with Gasteiger partial charge in [0, 0.05) is 0 Å². The molecule has 5 heteroatoms. The standard InChI is InChI=1S/C21H27F3O2/c1-13(7-9-17-10-11-19(25)21(24)20(17)23)6-8-14(2)15(3)12-18(22)16(4)26-5/h10-14,25H,3-4,6-9H2,1-2,5H3/b18-12+. The van der Waals surface area contributed by atoms with E-state index >= 15 is 0 Å². The highest BCUT2D eigenvalue weighted by Crippen LogP contribution is 2.26. The Hall–Kier alpha value is -2.17. The summed E-state index contributed by atoms with van der Waals surface area (Å²) in [5.74, 6) is -3.08. The van der Waals surface area contributed by atoms with Gasteiger partial charge in [-0.1, -0.05) is 39.5 Å². The van der Waals surface area contributed by atoms with E-state index in [9.17, 15) is 13.2 Å². The topological polar surface area (TPSA) is 29.5 Å². The minimum Gasteiger partial charge on any atom is -0.505 e. The van der Waals surface area contributed by atoms with Crippen molar-refractivity contribution in [1.82, 2.24) is 0 Å². The summed E-state index contributed by atoms with van der Waals surface area (Å²) in [5, 5.41) is 9.14. The molecule has 1 aromatic carbocycles. The lowest BCUT2D eigenvalue weighted by molar-refractivity contribution is 0.285. The van der Waals surface area contributed by atoms with Crippen LogP contribution in [0, 0.1) is 23.5 Å². The molecule has 0 aliphatic carbocycles. The van der Waals surface area contributed by atoms with Crippen molar-refractivity contribution >= 4 is 0 Å². The lowest BCUT2D eigenvalue weighted by Crippen LogP contribution is -2.04. The third-order valence-corrected chi connectivity index (χ3v) is 4.60. The number of hydrogen-bond acceptors (Lipinski definition) is 2. The Balaban J connectivity index is 2.49. The van der Waals surface area contributed by atoms with E-state index in [-0.39, 0.29) is 23.2 Å². The van der Waals surface area contributed by atoms with E-state index in [0.29, 0.717) is 18.4 Å². The van der Waals surface area contributed by atoms with Crippen LogP contribution in [-0.4, -0.2) is 12.2 Å². The maximum absolute atomic E-state index is 13.7. The second kappa shape index (κ2) is 10.1. The van der Waals surface area contributed by atoms with Crippen LogP contribution in [0.2, 0.25) is 0 Å². The van der Waals surface area contributed by atoms with E-state index in [1.165, 1.54) is 25.3 Å². The lowest BCUT2D eigenvalue weighted by Gasteiger charge is -2.16. The number of aryl methyl sites for hydroxylation is 1. The van der Waals surface area contributed by atoms with Crippen molar-refractivity contribution in [3.05, 3.63) is 65.7 Å². The SMILES string of the molecule is C=C(OC)/C(F)=C\C(=C)C(C)CCC(C)CCc1ccc(O)c(F)c1F. The molecule has 1 rings (SSSR count). The van der Waals surface area contributed by atoms with Gasteiger partial charge in [0.2, 0.25) is 5.82 Å². The number of hydrogen-bond donors (Lipinski definition) is 1. The van der Waals surface area contributed by atoms with Crippen LogP contribution in [0.25, 0.3) is 0 Å². The number of allylic oxidation sites excluding steroid dienone is 3. The van der Waals surface area contributed by atoms with Crippen LogP contribution < -0.4 is 0 Å². The highest BCUT2D eigenvalue weighted by atomic mass is 19.2. The van der Waals surface area contributed by atoms with Crippen LogP contribution >= 0.6 is 0 Å². The van der Waals surface area contributed by atoms with Crippen LogP contribution in [0.1, 0.15) is 38.7 Å². The van der Waals surface area contributed by atoms with Crippen molar-refractivity contribution in [2.45, 2.75) is 39.5 Å². The first kappa shape index (κ1) is 21.9. The molecule has 0 aliphatic heterocycles. The number of phenolic OH excluding ortho intramolecular Hbond substituents is 1. The molecule has 1 N–H and O–H groups in total. The summed E-state index contributed by atoms with van der Waals surface area (Å²) >= 11 is 0. The molecule has 1 aromatic rings. The molecule has 0 aromatic heterocycles. The number of rotatable bonds is 10. The van der Waals surface area contributed by atoms with Gasteiger partial charge in [0.15, 0.2) is 17.4 Å². The molecule has 0 saturated heterocycles. The van der Waals surface area contributed by atoms with E-state index in [4.69, 9.17) is 9.84 Å². The van der Waals surface area contributed by atoms with Crippen molar-refractivity contribution in [3.8, 4) is 5.75 Å². The molecular weight excluding hydrogens is 341 g/mol. The number of benzene rings is 1. The van der Waals surface area contributed by atoms with Gasteiger partial charge in [-0.2, -0.15) is 4.39 Å². The molecule has 0 fully saturated rings. The van der Waals surface area contributed by atoms with E-state index < -0.39 is 23.2 Å². The molecule has 2 atom stereocenters. The molecule has 0 radical (unpaired) electrons. The molecule has 0 saturated carbocycles. The zero-order valence-electron chi connectivity index (χ0n) is 15.6. The Morgan fingerprint density at radius 3 is 2.42 bits per heavy atom. The van der Waals surface area contributed by atoms with Gasteiger partial charge in [0.1, 0.15) is 5.76 Å². The number of halogens is 3. The summed E-state index contributed by atoms with van der Waals surface area (Å²) in [7, 11) is 1.35. The van der Waals surface area contributed by atoms with Crippen molar-refractivity contribution in [2.75, 3.05) is 7.11 Å². The summed E-state index contributed by atoms with van der Waals surface area (Å²) in [6.45, 7) is 11.3. The van der Waals surface area contributed by atoms with Crippen LogP contribution in [0.4, 0.5) is 13.2 Å². The molecule has 0 amide bonds. The van der Waals surface area contributed by atoms with E-state index in [1.54, 1.807) is 0 Å². The zero-order valence-corrected chi connectivity index (χ0v) is 15.6. The molecular formula is C21H27F3O2. The maximum Gasteiger partial charge on any atom is 0.200 e. The molecule has 2 unspecified atom stereocenters. The molecule has 0 bridgehead atoms. The number of aromatic hydroxyl groups is 1. The van der Waals surface area contributed by atoms with Crippen molar-refractivity contribution in [3.63, 3.8) is 0 Å². The first-order chi connectivity index (χ1) is 12.2. The van der Waals surface area contributed by atoms with Crippen molar-refractivity contribution in [2.24, 2.45) is 11.8 Å². The van der Waals surface area contributed by atoms with Gasteiger partial charge < -0.3 is 9.84 Å². The fourth-order valence-corrected chi connectivity index (χ4v) is 2.52. The lowest BCUT2D eigenvalue weighted by atomic mass is 9.90. The number of ether oxygens (including phenoxy) is 1. The van der Waals surface area contributed by atoms with E-state index in [0.717, 1.165) is 12.8 Å². The second-order valence-electron chi connectivity index (χ2n) is 6.69. The predicted molar refractivity (Wildman–Crippen MR) is 98.4 cm³/mol. The summed E-state index contributed by atoms with van der Waals surface area (Å²) < 4.78 is 45.5. The van der Waals surface area contributed by atoms with E-state index in [1.807, 2.05) is 13.8 Å². The average Bonchev–Trinajstić information content (AvgIpc) is 2.62. The van der Waals surface area contributed by atoms with Crippen LogP contribution in [0.3, 0.4) is 0 Å². The highest BCUT2D eigenvalue weighted by molar-refractivity contribution is 5.30. The first-order valence-electron chi connectivity index (χ1n) is 8.62. The molecule has 0 heterocycles. The van der Waals surface area contributed by atoms with E-state index in [2.05, 4.69) is 13.2 Å². The number of phenols is 1. The van der Waals surface area contributed by atoms with Gasteiger partial charge in [-0.05, 0) is 54.4 Å². The number of methoxy groups -OCH3 is 1. The fraction of sp³-hybridized carbons (Fsp3) is 0.429. The molecule has 0 aliphatic rings. The monoisotopic (exact) mass is 368 g/mol. The van der Waals surface area contributed by atoms with Crippen LogP contribution in [0.15, 0.2) is 48.5 Å². The Morgan fingerprint density at radius 2 is 1.81 bits per heavy atom. The molecule has 144 valence electrons. The van der Waals surface area contributed by atoms with Gasteiger partial charge in [-0.25, -0.2) is 8.78 Å². The molecule has 0 spiro atoms. The van der Waals surface area contributed by atoms with Crippen molar-refractivity contribution < 1.29 is 23.0 Å². The van der Waals surface area contributed by atoms with Gasteiger partial charge >= 0.3 is 0 Å². The third kappa shape index (κ3) is 6.28. The quantitative estimate of drug-likeness (QED) is 0.392. The van der Waals surface area contributed by atoms with Crippen molar-refractivity contribution in [1.29, 1.82) is 0 Å². The highest BCUT2D eigenvalue weighted by Gasteiger charge is 2.15. The van der Waals surface area contributed by atoms with Gasteiger partial charge in [-0.3, -0.25) is 0 Å². The summed E-state index contributed by atoms with van der Waals surface area (Å²) in [4.78, 5) is 0. The Labute approximate surface area is 153 Å². The van der Waals surface area contributed by atoms with Gasteiger partial charge in [0.05, 0.1) is 7.11 Å². The minimum absolute atomic E-state index is 0.0325. The summed E-state index contributed by atoms with van der Waals surface area (Å²) in [6.07, 6.45) is 4.06. The first-order valence-corrected chi connectivity index (χ1v) is 8.62. The zero-order chi connectivity index (χ0) is 19.9. The fourth-order valence-electron chi connectivity index (χ4n) is 2.52.